The maximum Gasteiger partial charge on any atom is 0.0426 e. The highest BCUT2D eigenvalue weighted by molar-refractivity contribution is 5.45. The fourth-order valence-electron chi connectivity index (χ4n) is 2.00. The first-order valence-electron chi connectivity index (χ1n) is 6.13. The van der Waals surface area contributed by atoms with Gasteiger partial charge in [-0.05, 0) is 29.7 Å². The Morgan fingerprint density at radius 2 is 1.59 bits per heavy atom. The van der Waals surface area contributed by atoms with Crippen LogP contribution in [0, 0.1) is 0 Å². The lowest BCUT2D eigenvalue weighted by molar-refractivity contribution is 0.919. The van der Waals surface area contributed by atoms with Crippen LogP contribution < -0.4 is 4.90 Å². The van der Waals surface area contributed by atoms with Crippen molar-refractivity contribution in [2.45, 2.75) is 19.9 Å². The molecule has 0 bridgehead atoms. The molecule has 2 rings (SSSR count). The maximum atomic E-state index is 2.29. The Bertz CT molecular complexity index is 462. The second-order valence-electron chi connectivity index (χ2n) is 4.37. The molecule has 0 saturated carbocycles. The first kappa shape index (κ1) is 11.7. The van der Waals surface area contributed by atoms with Crippen molar-refractivity contribution in [2.75, 3.05) is 11.9 Å². The minimum absolute atomic E-state index is 0.956. The molecule has 0 saturated heterocycles. The molecular weight excluding hydrogens is 206 g/mol. The molecule has 0 fully saturated rings. The van der Waals surface area contributed by atoms with Gasteiger partial charge >= 0.3 is 0 Å². The van der Waals surface area contributed by atoms with E-state index in [9.17, 15) is 0 Å². The van der Waals surface area contributed by atoms with Crippen LogP contribution in [-0.2, 0) is 13.0 Å². The summed E-state index contributed by atoms with van der Waals surface area (Å²) in [6.07, 6.45) is 1.10. The van der Waals surface area contributed by atoms with E-state index in [1.165, 1.54) is 16.8 Å². The van der Waals surface area contributed by atoms with Gasteiger partial charge in [0.15, 0.2) is 0 Å². The molecule has 2 aromatic carbocycles. The van der Waals surface area contributed by atoms with Gasteiger partial charge in [-0.25, -0.2) is 0 Å². The number of anilines is 1. The zero-order valence-electron chi connectivity index (χ0n) is 10.6. The summed E-state index contributed by atoms with van der Waals surface area (Å²) >= 11 is 0. The van der Waals surface area contributed by atoms with Gasteiger partial charge in [0.1, 0.15) is 0 Å². The molecule has 88 valence electrons. The molecule has 0 aliphatic carbocycles. The molecule has 0 aliphatic rings. The lowest BCUT2D eigenvalue weighted by atomic mass is 10.1. The molecule has 0 N–H and O–H groups in total. The van der Waals surface area contributed by atoms with Crippen molar-refractivity contribution in [1.82, 2.24) is 0 Å². The standard InChI is InChI=1S/C16H19N/c1-3-14-8-7-9-15(12-14)13-17(2)16-10-5-4-6-11-16/h4-12H,3,13H2,1-2H3. The van der Waals surface area contributed by atoms with Gasteiger partial charge in [0, 0.05) is 19.3 Å². The van der Waals surface area contributed by atoms with Gasteiger partial charge in [0.2, 0.25) is 0 Å². The van der Waals surface area contributed by atoms with E-state index in [1.807, 2.05) is 0 Å². The van der Waals surface area contributed by atoms with E-state index in [1.54, 1.807) is 0 Å². The summed E-state index contributed by atoms with van der Waals surface area (Å²) in [5.41, 5.74) is 4.04. The van der Waals surface area contributed by atoms with Crippen LogP contribution in [0.2, 0.25) is 0 Å². The Morgan fingerprint density at radius 1 is 0.882 bits per heavy atom. The lowest BCUT2D eigenvalue weighted by Crippen LogP contribution is -2.16. The average Bonchev–Trinajstić information content (AvgIpc) is 2.40. The zero-order valence-corrected chi connectivity index (χ0v) is 10.6. The maximum absolute atomic E-state index is 2.29. The predicted octanol–water partition coefficient (Wildman–Crippen LogP) is 3.89. The van der Waals surface area contributed by atoms with Crippen LogP contribution in [0.15, 0.2) is 54.6 Å². The third-order valence-corrected chi connectivity index (χ3v) is 3.02. The second-order valence-corrected chi connectivity index (χ2v) is 4.37. The molecule has 0 unspecified atom stereocenters. The average molecular weight is 225 g/mol. The van der Waals surface area contributed by atoms with Gasteiger partial charge < -0.3 is 4.90 Å². The number of rotatable bonds is 4. The van der Waals surface area contributed by atoms with E-state index >= 15 is 0 Å². The van der Waals surface area contributed by atoms with Crippen LogP contribution in [0.5, 0.6) is 0 Å². The van der Waals surface area contributed by atoms with Crippen molar-refractivity contribution in [3.8, 4) is 0 Å². The minimum Gasteiger partial charge on any atom is -0.370 e. The molecule has 0 aromatic heterocycles. The molecule has 2 aromatic rings. The van der Waals surface area contributed by atoms with E-state index in [-0.39, 0.29) is 0 Å². The number of nitrogens with zero attached hydrogens (tertiary/aromatic N) is 1. The Balaban J connectivity index is 2.10. The number of aryl methyl sites for hydroxylation is 1. The van der Waals surface area contributed by atoms with E-state index in [0.717, 1.165) is 13.0 Å². The number of para-hydroxylation sites is 1. The first-order valence-corrected chi connectivity index (χ1v) is 6.13. The Hall–Kier alpha value is -1.76. The van der Waals surface area contributed by atoms with Crippen LogP contribution in [0.4, 0.5) is 5.69 Å². The van der Waals surface area contributed by atoms with E-state index in [2.05, 4.69) is 73.5 Å². The summed E-state index contributed by atoms with van der Waals surface area (Å²) < 4.78 is 0. The fraction of sp³-hybridized carbons (Fsp3) is 0.250. The molecule has 0 amide bonds. The molecule has 17 heavy (non-hydrogen) atoms. The smallest absolute Gasteiger partial charge is 0.0426 e. The van der Waals surface area contributed by atoms with Gasteiger partial charge in [0.25, 0.3) is 0 Å². The quantitative estimate of drug-likeness (QED) is 0.763. The van der Waals surface area contributed by atoms with E-state index < -0.39 is 0 Å². The summed E-state index contributed by atoms with van der Waals surface area (Å²) in [5, 5.41) is 0. The van der Waals surface area contributed by atoms with Gasteiger partial charge in [-0.3, -0.25) is 0 Å². The number of benzene rings is 2. The zero-order chi connectivity index (χ0) is 12.1. The highest BCUT2D eigenvalue weighted by atomic mass is 15.1. The Labute approximate surface area is 104 Å². The van der Waals surface area contributed by atoms with Gasteiger partial charge in [-0.2, -0.15) is 0 Å². The third kappa shape index (κ3) is 3.10. The molecule has 0 aliphatic heterocycles. The molecule has 1 nitrogen and oxygen atoms in total. The molecule has 1 heteroatoms. The largest absolute Gasteiger partial charge is 0.370 e. The van der Waals surface area contributed by atoms with Crippen molar-refractivity contribution in [1.29, 1.82) is 0 Å². The lowest BCUT2D eigenvalue weighted by Gasteiger charge is -2.19. The molecule has 0 atom stereocenters. The fourth-order valence-corrected chi connectivity index (χ4v) is 2.00. The normalized spacial score (nSPS) is 10.2. The summed E-state index contributed by atoms with van der Waals surface area (Å²) in [6.45, 7) is 3.15. The van der Waals surface area contributed by atoms with Gasteiger partial charge in [0.05, 0.1) is 0 Å². The highest BCUT2D eigenvalue weighted by Gasteiger charge is 2.01. The van der Waals surface area contributed by atoms with Crippen molar-refractivity contribution in [2.24, 2.45) is 0 Å². The van der Waals surface area contributed by atoms with Crippen LogP contribution in [0.25, 0.3) is 0 Å². The van der Waals surface area contributed by atoms with Crippen molar-refractivity contribution in [3.05, 3.63) is 65.7 Å². The highest BCUT2D eigenvalue weighted by Crippen LogP contribution is 2.15. The SMILES string of the molecule is CCc1cccc(CN(C)c2ccccc2)c1. The van der Waals surface area contributed by atoms with Crippen LogP contribution in [0.3, 0.4) is 0 Å². The third-order valence-electron chi connectivity index (χ3n) is 3.02. The summed E-state index contributed by atoms with van der Waals surface area (Å²) in [4.78, 5) is 2.27. The van der Waals surface area contributed by atoms with Gasteiger partial charge in [-0.1, -0.05) is 49.4 Å². The van der Waals surface area contributed by atoms with Crippen LogP contribution >= 0.6 is 0 Å². The summed E-state index contributed by atoms with van der Waals surface area (Å²) in [7, 11) is 2.13. The van der Waals surface area contributed by atoms with E-state index in [4.69, 9.17) is 0 Å². The Morgan fingerprint density at radius 3 is 2.29 bits per heavy atom. The van der Waals surface area contributed by atoms with Crippen LogP contribution in [-0.4, -0.2) is 7.05 Å². The van der Waals surface area contributed by atoms with Crippen LogP contribution in [0.1, 0.15) is 18.1 Å². The van der Waals surface area contributed by atoms with Crippen molar-refractivity contribution in [3.63, 3.8) is 0 Å². The second kappa shape index (κ2) is 5.53. The minimum atomic E-state index is 0.956. The van der Waals surface area contributed by atoms with Crippen molar-refractivity contribution < 1.29 is 0 Å². The molecule has 0 spiro atoms. The summed E-state index contributed by atoms with van der Waals surface area (Å²) in [5.74, 6) is 0. The molecule has 0 heterocycles. The van der Waals surface area contributed by atoms with E-state index in [0.29, 0.717) is 0 Å². The first-order chi connectivity index (χ1) is 8.29. The van der Waals surface area contributed by atoms with Gasteiger partial charge in [-0.15, -0.1) is 0 Å². The summed E-state index contributed by atoms with van der Waals surface area (Å²) in [6, 6.07) is 19.3. The topological polar surface area (TPSA) is 3.24 Å². The molecule has 0 radical (unpaired) electrons. The van der Waals surface area contributed by atoms with Crippen molar-refractivity contribution >= 4 is 5.69 Å². The monoisotopic (exact) mass is 225 g/mol. The predicted molar refractivity (Wildman–Crippen MR) is 74.4 cm³/mol. The number of hydrogen-bond donors (Lipinski definition) is 0. The number of hydrogen-bond acceptors (Lipinski definition) is 1. The Kier molecular flexibility index (Phi) is 3.81. The molecular formula is C16H19N.